The molecule has 4 aromatic rings. The number of rotatable bonds is 5. The lowest BCUT2D eigenvalue weighted by molar-refractivity contribution is 0.102. The highest BCUT2D eigenvalue weighted by Gasteiger charge is 2.21. The average Bonchev–Trinajstić information content (AvgIpc) is 3.45. The van der Waals surface area contributed by atoms with E-state index in [1.54, 1.807) is 24.4 Å². The van der Waals surface area contributed by atoms with Gasteiger partial charge in [-0.25, -0.2) is 4.98 Å². The van der Waals surface area contributed by atoms with Gasteiger partial charge < -0.3 is 5.73 Å². The molecule has 8 heteroatoms. The van der Waals surface area contributed by atoms with Crippen LogP contribution in [0.1, 0.15) is 38.5 Å². The second-order valence-corrected chi connectivity index (χ2v) is 9.25. The summed E-state index contributed by atoms with van der Waals surface area (Å²) in [5, 5.41) is 17.0. The van der Waals surface area contributed by atoms with E-state index in [1.807, 2.05) is 41.2 Å². The van der Waals surface area contributed by atoms with Crippen LogP contribution in [0.15, 0.2) is 60.9 Å². The van der Waals surface area contributed by atoms with E-state index in [4.69, 9.17) is 11.0 Å². The third-order valence-corrected chi connectivity index (χ3v) is 6.75. The van der Waals surface area contributed by atoms with Crippen LogP contribution in [-0.4, -0.2) is 26.7 Å². The summed E-state index contributed by atoms with van der Waals surface area (Å²) >= 11 is 1.52. The quantitative estimate of drug-likeness (QED) is 0.474. The number of carbonyl (C=O) groups is 1. The van der Waals surface area contributed by atoms with Crippen LogP contribution in [0.5, 0.6) is 0 Å². The highest BCUT2D eigenvalue weighted by molar-refractivity contribution is 7.15. The Morgan fingerprint density at radius 1 is 1.24 bits per heavy atom. The molecule has 164 valence electrons. The van der Waals surface area contributed by atoms with E-state index in [9.17, 15) is 4.79 Å². The summed E-state index contributed by atoms with van der Waals surface area (Å²) in [7, 11) is 0. The molecule has 0 saturated heterocycles. The lowest BCUT2D eigenvalue weighted by atomic mass is 9.99. The van der Waals surface area contributed by atoms with Crippen LogP contribution < -0.4 is 11.1 Å². The number of aromatic nitrogens is 3. The molecule has 1 aliphatic carbocycles. The molecule has 5 rings (SSSR count). The van der Waals surface area contributed by atoms with Crippen molar-refractivity contribution in [3.05, 3.63) is 88.2 Å². The first kappa shape index (κ1) is 21.1. The zero-order chi connectivity index (χ0) is 22.8. The average molecular weight is 455 g/mol. The van der Waals surface area contributed by atoms with E-state index in [2.05, 4.69) is 21.5 Å². The van der Waals surface area contributed by atoms with E-state index in [-0.39, 0.29) is 11.9 Å². The summed E-state index contributed by atoms with van der Waals surface area (Å²) in [4.78, 5) is 18.6. The number of hydrogen-bond acceptors (Lipinski definition) is 6. The summed E-state index contributed by atoms with van der Waals surface area (Å²) in [5.74, 6) is -0.175. The lowest BCUT2D eigenvalue weighted by Crippen LogP contribution is -2.27. The fourth-order valence-electron chi connectivity index (χ4n) is 3.96. The van der Waals surface area contributed by atoms with Gasteiger partial charge in [-0.1, -0.05) is 24.3 Å². The molecular weight excluding hydrogens is 432 g/mol. The third kappa shape index (κ3) is 4.70. The van der Waals surface area contributed by atoms with Crippen LogP contribution in [0.3, 0.4) is 0 Å². The first-order chi connectivity index (χ1) is 16.1. The van der Waals surface area contributed by atoms with Crippen molar-refractivity contribution in [1.29, 1.82) is 5.26 Å². The monoisotopic (exact) mass is 454 g/mol. The van der Waals surface area contributed by atoms with Crippen LogP contribution in [0.25, 0.3) is 11.1 Å². The number of hydrogen-bond donors (Lipinski definition) is 2. The molecule has 3 N–H and O–H groups in total. The number of nitrogens with one attached hydrogen (secondary N) is 1. The molecule has 1 amide bonds. The Hall–Kier alpha value is -3.80. The van der Waals surface area contributed by atoms with Crippen LogP contribution in [0, 0.1) is 11.3 Å². The van der Waals surface area contributed by atoms with Gasteiger partial charge in [-0.3, -0.25) is 14.8 Å². The van der Waals surface area contributed by atoms with Crippen LogP contribution >= 0.6 is 11.3 Å². The van der Waals surface area contributed by atoms with Crippen LogP contribution in [0.2, 0.25) is 0 Å². The first-order valence-electron chi connectivity index (χ1n) is 10.7. The molecule has 0 aliphatic heterocycles. The Morgan fingerprint density at radius 2 is 2.09 bits per heavy atom. The second-order valence-electron chi connectivity index (χ2n) is 8.16. The van der Waals surface area contributed by atoms with Gasteiger partial charge in [0.05, 0.1) is 30.1 Å². The van der Waals surface area contributed by atoms with E-state index in [0.29, 0.717) is 22.8 Å². The van der Waals surface area contributed by atoms with Crippen molar-refractivity contribution in [2.45, 2.75) is 31.8 Å². The molecule has 1 atom stereocenters. The van der Waals surface area contributed by atoms with Gasteiger partial charge >= 0.3 is 0 Å². The van der Waals surface area contributed by atoms with Gasteiger partial charge in [0.1, 0.15) is 0 Å². The fourth-order valence-corrected chi connectivity index (χ4v) is 5.05. The Kier molecular flexibility index (Phi) is 5.73. The largest absolute Gasteiger partial charge is 0.327 e. The topological polar surface area (TPSA) is 110 Å². The molecule has 2 heterocycles. The number of benzene rings is 2. The van der Waals surface area contributed by atoms with Gasteiger partial charge in [-0.2, -0.15) is 10.4 Å². The zero-order valence-corrected chi connectivity index (χ0v) is 18.7. The normalized spacial score (nSPS) is 15.0. The Morgan fingerprint density at radius 3 is 2.91 bits per heavy atom. The molecular formula is C25H22N6OS. The van der Waals surface area contributed by atoms with E-state index in [0.717, 1.165) is 41.6 Å². The number of nitrogens with zero attached hydrogens (tertiary/aromatic N) is 4. The van der Waals surface area contributed by atoms with Crippen molar-refractivity contribution in [3.63, 3.8) is 0 Å². The lowest BCUT2D eigenvalue weighted by Gasteiger charge is -2.15. The number of amides is 1. The number of fused-ring (bicyclic) bond motifs is 1. The predicted octanol–water partition coefficient (Wildman–Crippen LogP) is 3.99. The molecule has 0 unspecified atom stereocenters. The minimum Gasteiger partial charge on any atom is -0.327 e. The molecule has 1 aliphatic rings. The van der Waals surface area contributed by atoms with Crippen molar-refractivity contribution in [1.82, 2.24) is 14.8 Å². The van der Waals surface area contributed by atoms with E-state index >= 15 is 0 Å². The minimum atomic E-state index is -0.175. The maximum atomic E-state index is 12.8. The predicted molar refractivity (Wildman–Crippen MR) is 128 cm³/mol. The molecule has 7 nitrogen and oxygen atoms in total. The maximum absolute atomic E-state index is 12.8. The van der Waals surface area contributed by atoms with Crippen molar-refractivity contribution in [2.75, 3.05) is 5.32 Å². The van der Waals surface area contributed by atoms with Crippen LogP contribution in [0.4, 0.5) is 5.13 Å². The molecule has 0 spiro atoms. The molecule has 0 bridgehead atoms. The van der Waals surface area contributed by atoms with Crippen molar-refractivity contribution >= 4 is 22.4 Å². The standard InChI is InChI=1S/C25H22N6OS/c26-12-16-4-6-18(7-5-16)20-13-28-31(15-20)14-17-2-1-3-19(10-17)24(32)30-25-29-22-9-8-21(27)11-23(22)33-25/h1-7,10,13,15,21H,8-9,11,14,27H2,(H,29,30,32)/t21-/m1/s1. The van der Waals surface area contributed by atoms with Gasteiger partial charge in [0.15, 0.2) is 5.13 Å². The number of nitriles is 1. The fraction of sp³-hybridized carbons (Fsp3) is 0.200. The molecule has 2 aromatic carbocycles. The second kappa shape index (κ2) is 8.98. The summed E-state index contributed by atoms with van der Waals surface area (Å²) in [5.41, 5.74) is 11.3. The number of nitrogens with two attached hydrogens (primary N) is 1. The van der Waals surface area contributed by atoms with Gasteiger partial charge in [-0.15, -0.1) is 11.3 Å². The number of thiazole rings is 1. The van der Waals surface area contributed by atoms with Gasteiger partial charge in [-0.05, 0) is 54.7 Å². The van der Waals surface area contributed by atoms with E-state index < -0.39 is 0 Å². The SMILES string of the molecule is N#Cc1ccc(-c2cnn(Cc3cccc(C(=O)Nc4nc5c(s4)C[C@H](N)CC5)c3)c2)cc1. The maximum Gasteiger partial charge on any atom is 0.257 e. The van der Waals surface area contributed by atoms with Crippen molar-refractivity contribution in [3.8, 4) is 17.2 Å². The van der Waals surface area contributed by atoms with Gasteiger partial charge in [0, 0.05) is 28.2 Å². The summed E-state index contributed by atoms with van der Waals surface area (Å²) < 4.78 is 1.84. The van der Waals surface area contributed by atoms with Crippen molar-refractivity contribution in [2.24, 2.45) is 5.73 Å². The Labute approximate surface area is 195 Å². The van der Waals surface area contributed by atoms with E-state index in [1.165, 1.54) is 16.2 Å². The molecule has 0 fully saturated rings. The molecule has 0 radical (unpaired) electrons. The highest BCUT2D eigenvalue weighted by atomic mass is 32.1. The molecule has 2 aromatic heterocycles. The van der Waals surface area contributed by atoms with Crippen molar-refractivity contribution < 1.29 is 4.79 Å². The molecule has 0 saturated carbocycles. The highest BCUT2D eigenvalue weighted by Crippen LogP contribution is 2.29. The van der Waals surface area contributed by atoms with Gasteiger partial charge in [0.25, 0.3) is 5.91 Å². The van der Waals surface area contributed by atoms with Gasteiger partial charge in [0.2, 0.25) is 0 Å². The molecule has 33 heavy (non-hydrogen) atoms. The van der Waals surface area contributed by atoms with Crippen LogP contribution in [-0.2, 0) is 19.4 Å². The number of anilines is 1. The zero-order valence-electron chi connectivity index (χ0n) is 17.9. The smallest absolute Gasteiger partial charge is 0.257 e. The third-order valence-electron chi connectivity index (χ3n) is 5.71. The number of carbonyl (C=O) groups excluding carboxylic acids is 1. The minimum absolute atomic E-state index is 0.175. The summed E-state index contributed by atoms with van der Waals surface area (Å²) in [6.45, 7) is 0.542. The first-order valence-corrected chi connectivity index (χ1v) is 11.6. The number of aryl methyl sites for hydroxylation is 1. The Balaban J connectivity index is 1.27. The summed E-state index contributed by atoms with van der Waals surface area (Å²) in [6.07, 6.45) is 6.39. The summed E-state index contributed by atoms with van der Waals surface area (Å²) in [6, 6.07) is 17.2. The Bertz CT molecular complexity index is 1350.